The van der Waals surface area contributed by atoms with Crippen LogP contribution in [0.5, 0.6) is 0 Å². The largest absolute Gasteiger partial charge is 0.399 e. The van der Waals surface area contributed by atoms with Crippen molar-refractivity contribution in [3.63, 3.8) is 0 Å². The fourth-order valence-corrected chi connectivity index (χ4v) is 2.26. The maximum Gasteiger partial charge on any atom is 0.0703 e. The lowest BCUT2D eigenvalue weighted by atomic mass is 10.1. The molecule has 2 atom stereocenters. The maximum atomic E-state index is 5.73. The number of rotatable bonds is 3. The van der Waals surface area contributed by atoms with E-state index in [9.17, 15) is 0 Å². The molecule has 0 aliphatic carbocycles. The zero-order valence-corrected chi connectivity index (χ0v) is 9.89. The second kappa shape index (κ2) is 4.80. The van der Waals surface area contributed by atoms with Gasteiger partial charge in [0.05, 0.1) is 11.8 Å². The van der Waals surface area contributed by atoms with Gasteiger partial charge in [-0.05, 0) is 32.5 Å². The summed E-state index contributed by atoms with van der Waals surface area (Å²) in [5, 5.41) is 0. The zero-order valence-electron chi connectivity index (χ0n) is 9.89. The van der Waals surface area contributed by atoms with Crippen molar-refractivity contribution in [1.29, 1.82) is 0 Å². The molecule has 4 nitrogen and oxygen atoms in total. The van der Waals surface area contributed by atoms with Crippen molar-refractivity contribution >= 4 is 5.69 Å². The number of anilines is 1. The van der Waals surface area contributed by atoms with Gasteiger partial charge in [0.25, 0.3) is 0 Å². The Morgan fingerprint density at radius 3 is 3.06 bits per heavy atom. The first-order valence-corrected chi connectivity index (χ1v) is 5.69. The Morgan fingerprint density at radius 1 is 1.62 bits per heavy atom. The van der Waals surface area contributed by atoms with Crippen LogP contribution in [0.4, 0.5) is 5.69 Å². The summed E-state index contributed by atoms with van der Waals surface area (Å²) >= 11 is 0. The van der Waals surface area contributed by atoms with Gasteiger partial charge < -0.3 is 10.5 Å². The fourth-order valence-electron chi connectivity index (χ4n) is 2.26. The third-order valence-electron chi connectivity index (χ3n) is 3.15. The smallest absolute Gasteiger partial charge is 0.0703 e. The average Bonchev–Trinajstić information content (AvgIpc) is 2.64. The molecule has 0 saturated carbocycles. The van der Waals surface area contributed by atoms with Crippen LogP contribution in [0.1, 0.15) is 19.0 Å². The minimum atomic E-state index is 0.311. The highest BCUT2D eigenvalue weighted by molar-refractivity contribution is 5.37. The molecule has 1 aromatic rings. The van der Waals surface area contributed by atoms with Crippen molar-refractivity contribution in [1.82, 2.24) is 9.88 Å². The summed E-state index contributed by atoms with van der Waals surface area (Å²) in [6.07, 6.45) is 3.17. The van der Waals surface area contributed by atoms with Crippen LogP contribution in [0.3, 0.4) is 0 Å². The molecule has 0 amide bonds. The van der Waals surface area contributed by atoms with E-state index in [-0.39, 0.29) is 0 Å². The molecular weight excluding hydrogens is 202 g/mol. The maximum absolute atomic E-state index is 5.73. The Morgan fingerprint density at radius 2 is 2.44 bits per heavy atom. The van der Waals surface area contributed by atoms with Crippen LogP contribution in [-0.4, -0.2) is 35.7 Å². The SMILES string of the molecule is CC1OCCC1N(C)Cc1cc(N)ccn1. The van der Waals surface area contributed by atoms with E-state index in [1.807, 2.05) is 12.1 Å². The Hall–Kier alpha value is -1.13. The van der Waals surface area contributed by atoms with Gasteiger partial charge in [0.15, 0.2) is 0 Å². The minimum absolute atomic E-state index is 0.311. The molecule has 2 rings (SSSR count). The van der Waals surface area contributed by atoms with Crippen LogP contribution in [0.25, 0.3) is 0 Å². The van der Waals surface area contributed by atoms with Gasteiger partial charge in [-0.3, -0.25) is 9.88 Å². The number of hydrogen-bond donors (Lipinski definition) is 1. The van der Waals surface area contributed by atoms with Gasteiger partial charge in [-0.25, -0.2) is 0 Å². The molecule has 2 N–H and O–H groups in total. The number of hydrogen-bond acceptors (Lipinski definition) is 4. The van der Waals surface area contributed by atoms with Crippen molar-refractivity contribution in [2.75, 3.05) is 19.4 Å². The van der Waals surface area contributed by atoms with Gasteiger partial charge in [0.1, 0.15) is 0 Å². The topological polar surface area (TPSA) is 51.4 Å². The lowest BCUT2D eigenvalue weighted by Gasteiger charge is -2.26. The Balaban J connectivity index is 1.99. The zero-order chi connectivity index (χ0) is 11.5. The van der Waals surface area contributed by atoms with Crippen LogP contribution < -0.4 is 5.73 Å². The average molecular weight is 221 g/mol. The van der Waals surface area contributed by atoms with Gasteiger partial charge in [-0.15, -0.1) is 0 Å². The van der Waals surface area contributed by atoms with Gasteiger partial charge in [0, 0.05) is 31.1 Å². The van der Waals surface area contributed by atoms with Crippen molar-refractivity contribution < 1.29 is 4.74 Å². The third kappa shape index (κ3) is 2.51. The summed E-state index contributed by atoms with van der Waals surface area (Å²) in [7, 11) is 2.11. The summed E-state index contributed by atoms with van der Waals surface area (Å²) < 4.78 is 5.56. The van der Waals surface area contributed by atoms with E-state index in [1.165, 1.54) is 0 Å². The third-order valence-corrected chi connectivity index (χ3v) is 3.15. The number of likely N-dealkylation sites (N-methyl/N-ethyl adjacent to an activating group) is 1. The number of pyridine rings is 1. The molecule has 1 aliphatic rings. The molecule has 0 radical (unpaired) electrons. The van der Waals surface area contributed by atoms with Gasteiger partial charge in [-0.2, -0.15) is 0 Å². The molecule has 0 aromatic carbocycles. The molecular formula is C12H19N3O. The molecule has 16 heavy (non-hydrogen) atoms. The normalized spacial score (nSPS) is 25.2. The van der Waals surface area contributed by atoms with Crippen LogP contribution >= 0.6 is 0 Å². The van der Waals surface area contributed by atoms with Gasteiger partial charge in [-0.1, -0.05) is 0 Å². The van der Waals surface area contributed by atoms with Crippen molar-refractivity contribution in [3.8, 4) is 0 Å². The predicted molar refractivity (Wildman–Crippen MR) is 63.9 cm³/mol. The molecule has 2 unspecified atom stereocenters. The van der Waals surface area contributed by atoms with E-state index >= 15 is 0 Å². The molecule has 0 spiro atoms. The number of aromatic nitrogens is 1. The molecule has 88 valence electrons. The van der Waals surface area contributed by atoms with Crippen molar-refractivity contribution in [3.05, 3.63) is 24.0 Å². The van der Waals surface area contributed by atoms with E-state index in [0.717, 1.165) is 31.0 Å². The van der Waals surface area contributed by atoms with E-state index in [0.29, 0.717) is 12.1 Å². The van der Waals surface area contributed by atoms with Gasteiger partial charge in [0.2, 0.25) is 0 Å². The van der Waals surface area contributed by atoms with E-state index < -0.39 is 0 Å². The van der Waals surface area contributed by atoms with E-state index in [2.05, 4.69) is 23.9 Å². The first kappa shape index (κ1) is 11.4. The fraction of sp³-hybridized carbons (Fsp3) is 0.583. The lowest BCUT2D eigenvalue weighted by molar-refractivity contribution is 0.0810. The standard InChI is InChI=1S/C12H19N3O/c1-9-12(4-6-16-9)15(2)8-11-7-10(13)3-5-14-11/h3,5,7,9,12H,4,6,8H2,1-2H3,(H2,13,14). The molecule has 1 fully saturated rings. The Kier molecular flexibility index (Phi) is 3.41. The first-order chi connectivity index (χ1) is 7.66. The molecule has 2 heterocycles. The summed E-state index contributed by atoms with van der Waals surface area (Å²) in [5.41, 5.74) is 7.52. The molecule has 0 bridgehead atoms. The predicted octanol–water partition coefficient (Wildman–Crippen LogP) is 1.27. The molecule has 1 aromatic heterocycles. The number of nitrogens with zero attached hydrogens (tertiary/aromatic N) is 2. The highest BCUT2D eigenvalue weighted by atomic mass is 16.5. The first-order valence-electron chi connectivity index (χ1n) is 5.69. The number of nitrogen functional groups attached to an aromatic ring is 1. The van der Waals surface area contributed by atoms with Crippen molar-refractivity contribution in [2.24, 2.45) is 0 Å². The monoisotopic (exact) mass is 221 g/mol. The molecule has 1 aliphatic heterocycles. The highest BCUT2D eigenvalue weighted by Gasteiger charge is 2.27. The van der Waals surface area contributed by atoms with E-state index in [1.54, 1.807) is 6.20 Å². The quantitative estimate of drug-likeness (QED) is 0.835. The summed E-state index contributed by atoms with van der Waals surface area (Å²) in [4.78, 5) is 6.60. The Labute approximate surface area is 96.4 Å². The number of nitrogens with two attached hydrogens (primary N) is 1. The minimum Gasteiger partial charge on any atom is -0.399 e. The molecule has 1 saturated heterocycles. The summed E-state index contributed by atoms with van der Waals surface area (Å²) in [6.45, 7) is 3.81. The van der Waals surface area contributed by atoms with Crippen LogP contribution in [-0.2, 0) is 11.3 Å². The van der Waals surface area contributed by atoms with Crippen LogP contribution in [0.15, 0.2) is 18.3 Å². The Bertz CT molecular complexity index is 356. The summed E-state index contributed by atoms with van der Waals surface area (Å²) in [5.74, 6) is 0. The summed E-state index contributed by atoms with van der Waals surface area (Å²) in [6, 6.07) is 4.23. The van der Waals surface area contributed by atoms with Crippen LogP contribution in [0, 0.1) is 0 Å². The van der Waals surface area contributed by atoms with E-state index in [4.69, 9.17) is 10.5 Å². The molecule has 4 heteroatoms. The van der Waals surface area contributed by atoms with Crippen LogP contribution in [0.2, 0.25) is 0 Å². The second-order valence-electron chi connectivity index (χ2n) is 4.43. The number of ether oxygens (including phenoxy) is 1. The second-order valence-corrected chi connectivity index (χ2v) is 4.43. The van der Waals surface area contributed by atoms with Gasteiger partial charge >= 0.3 is 0 Å². The van der Waals surface area contributed by atoms with Crippen molar-refractivity contribution in [2.45, 2.75) is 32.0 Å². The lowest BCUT2D eigenvalue weighted by Crippen LogP contribution is -2.36. The highest BCUT2D eigenvalue weighted by Crippen LogP contribution is 2.19.